The van der Waals surface area contributed by atoms with Gasteiger partial charge >= 0.3 is 0 Å². The fourth-order valence-electron chi connectivity index (χ4n) is 2.18. The molecule has 0 saturated heterocycles. The van der Waals surface area contributed by atoms with Crippen LogP contribution < -0.4 is 4.74 Å². The van der Waals surface area contributed by atoms with Crippen LogP contribution in [0.5, 0.6) is 5.75 Å². The Morgan fingerprint density at radius 2 is 1.30 bits per heavy atom. The highest BCUT2D eigenvalue weighted by molar-refractivity contribution is 5.71. The van der Waals surface area contributed by atoms with E-state index in [2.05, 4.69) is 12.1 Å². The first kappa shape index (κ1) is 12.4. The van der Waals surface area contributed by atoms with Crippen molar-refractivity contribution in [2.24, 2.45) is 0 Å². The van der Waals surface area contributed by atoms with Gasteiger partial charge in [-0.15, -0.1) is 0 Å². The zero-order valence-electron chi connectivity index (χ0n) is 11.3. The number of pyridine rings is 1. The molecule has 98 valence electrons. The van der Waals surface area contributed by atoms with Crippen molar-refractivity contribution >= 4 is 0 Å². The summed E-state index contributed by atoms with van der Waals surface area (Å²) < 4.78 is 5.43. The molecule has 0 saturated carbocycles. The second-order valence-corrected chi connectivity index (χ2v) is 4.48. The topological polar surface area (TPSA) is 22.1 Å². The molecule has 0 fully saturated rings. The SMILES string of the molecule is COc1ccc(-c2ccccc2)nc1-c1ccccc1. The maximum absolute atomic E-state index is 5.43. The van der Waals surface area contributed by atoms with E-state index in [1.54, 1.807) is 7.11 Å². The summed E-state index contributed by atoms with van der Waals surface area (Å²) >= 11 is 0. The van der Waals surface area contributed by atoms with Crippen molar-refractivity contribution in [1.82, 2.24) is 4.98 Å². The zero-order chi connectivity index (χ0) is 13.8. The first-order chi connectivity index (χ1) is 9.88. The Balaban J connectivity index is 2.13. The molecule has 2 aromatic carbocycles. The van der Waals surface area contributed by atoms with Gasteiger partial charge in [-0.2, -0.15) is 0 Å². The van der Waals surface area contributed by atoms with Gasteiger partial charge in [0.1, 0.15) is 11.4 Å². The average Bonchev–Trinajstić information content (AvgIpc) is 2.56. The number of ether oxygens (including phenoxy) is 1. The molecule has 0 radical (unpaired) electrons. The number of nitrogens with zero attached hydrogens (tertiary/aromatic N) is 1. The van der Waals surface area contributed by atoms with Gasteiger partial charge < -0.3 is 4.74 Å². The van der Waals surface area contributed by atoms with E-state index >= 15 is 0 Å². The summed E-state index contributed by atoms with van der Waals surface area (Å²) in [6.45, 7) is 0. The molecule has 3 rings (SSSR count). The number of aromatic nitrogens is 1. The molecular weight excluding hydrogens is 246 g/mol. The van der Waals surface area contributed by atoms with Gasteiger partial charge in [0.2, 0.25) is 0 Å². The number of methoxy groups -OCH3 is 1. The van der Waals surface area contributed by atoms with Crippen LogP contribution in [-0.4, -0.2) is 12.1 Å². The van der Waals surface area contributed by atoms with Crippen LogP contribution in [0.25, 0.3) is 22.5 Å². The number of hydrogen-bond donors (Lipinski definition) is 0. The van der Waals surface area contributed by atoms with Gasteiger partial charge in [0, 0.05) is 11.1 Å². The lowest BCUT2D eigenvalue weighted by Gasteiger charge is -2.10. The smallest absolute Gasteiger partial charge is 0.145 e. The quantitative estimate of drug-likeness (QED) is 0.696. The van der Waals surface area contributed by atoms with Crippen molar-refractivity contribution in [1.29, 1.82) is 0 Å². The summed E-state index contributed by atoms with van der Waals surface area (Å²) in [5, 5.41) is 0. The molecule has 0 aliphatic heterocycles. The van der Waals surface area contributed by atoms with E-state index in [0.717, 1.165) is 28.3 Å². The minimum Gasteiger partial charge on any atom is -0.494 e. The fourth-order valence-corrected chi connectivity index (χ4v) is 2.18. The molecule has 0 unspecified atom stereocenters. The summed E-state index contributed by atoms with van der Waals surface area (Å²) in [6, 6.07) is 24.2. The third kappa shape index (κ3) is 2.41. The summed E-state index contributed by atoms with van der Waals surface area (Å²) in [7, 11) is 1.67. The van der Waals surface area contributed by atoms with Crippen molar-refractivity contribution in [3.05, 3.63) is 72.8 Å². The lowest BCUT2D eigenvalue weighted by Crippen LogP contribution is -1.93. The standard InChI is InChI=1S/C18H15NO/c1-20-17-13-12-16(14-8-4-2-5-9-14)19-18(17)15-10-6-3-7-11-15/h2-13H,1H3. The molecule has 1 aromatic heterocycles. The number of hydrogen-bond acceptors (Lipinski definition) is 2. The Bertz CT molecular complexity index is 693. The molecule has 0 bridgehead atoms. The van der Waals surface area contributed by atoms with Crippen molar-refractivity contribution in [3.63, 3.8) is 0 Å². The summed E-state index contributed by atoms with van der Waals surface area (Å²) in [4.78, 5) is 4.76. The van der Waals surface area contributed by atoms with Crippen LogP contribution in [0.2, 0.25) is 0 Å². The highest BCUT2D eigenvalue weighted by Gasteiger charge is 2.09. The minimum absolute atomic E-state index is 0.788. The highest BCUT2D eigenvalue weighted by atomic mass is 16.5. The monoisotopic (exact) mass is 261 g/mol. The van der Waals surface area contributed by atoms with E-state index in [0.29, 0.717) is 0 Å². The Labute approximate surface area is 118 Å². The van der Waals surface area contributed by atoms with Gasteiger partial charge in [-0.05, 0) is 12.1 Å². The predicted molar refractivity (Wildman–Crippen MR) is 81.7 cm³/mol. The third-order valence-corrected chi connectivity index (χ3v) is 3.19. The molecule has 0 aliphatic carbocycles. The minimum atomic E-state index is 0.788. The van der Waals surface area contributed by atoms with Crippen LogP contribution in [0.1, 0.15) is 0 Å². The molecule has 0 N–H and O–H groups in total. The van der Waals surface area contributed by atoms with Crippen LogP contribution in [0.4, 0.5) is 0 Å². The first-order valence-corrected chi connectivity index (χ1v) is 6.54. The molecule has 20 heavy (non-hydrogen) atoms. The van der Waals surface area contributed by atoms with Gasteiger partial charge in [0.25, 0.3) is 0 Å². The first-order valence-electron chi connectivity index (χ1n) is 6.54. The van der Waals surface area contributed by atoms with Crippen LogP contribution >= 0.6 is 0 Å². The predicted octanol–water partition coefficient (Wildman–Crippen LogP) is 4.42. The molecule has 0 spiro atoms. The van der Waals surface area contributed by atoms with Gasteiger partial charge in [-0.1, -0.05) is 60.7 Å². The van der Waals surface area contributed by atoms with Gasteiger partial charge in [0.05, 0.1) is 12.8 Å². The van der Waals surface area contributed by atoms with Gasteiger partial charge in [-0.25, -0.2) is 4.98 Å². The van der Waals surface area contributed by atoms with Gasteiger partial charge in [-0.3, -0.25) is 0 Å². The van der Waals surface area contributed by atoms with Crippen molar-refractivity contribution in [2.45, 2.75) is 0 Å². The molecule has 2 nitrogen and oxygen atoms in total. The molecular formula is C18H15NO. The number of benzene rings is 2. The number of rotatable bonds is 3. The van der Waals surface area contributed by atoms with Crippen molar-refractivity contribution in [3.8, 4) is 28.3 Å². The molecule has 3 aromatic rings. The zero-order valence-corrected chi connectivity index (χ0v) is 11.3. The van der Waals surface area contributed by atoms with Crippen LogP contribution in [-0.2, 0) is 0 Å². The van der Waals surface area contributed by atoms with E-state index in [1.165, 1.54) is 0 Å². The molecule has 0 amide bonds. The van der Waals surface area contributed by atoms with Crippen LogP contribution in [0, 0.1) is 0 Å². The van der Waals surface area contributed by atoms with Crippen molar-refractivity contribution in [2.75, 3.05) is 7.11 Å². The lowest BCUT2D eigenvalue weighted by atomic mass is 10.1. The third-order valence-electron chi connectivity index (χ3n) is 3.19. The van der Waals surface area contributed by atoms with Crippen molar-refractivity contribution < 1.29 is 4.74 Å². The van der Waals surface area contributed by atoms with E-state index in [4.69, 9.17) is 9.72 Å². The van der Waals surface area contributed by atoms with E-state index in [9.17, 15) is 0 Å². The normalized spacial score (nSPS) is 10.2. The summed E-state index contributed by atoms with van der Waals surface area (Å²) in [6.07, 6.45) is 0. The molecule has 0 atom stereocenters. The van der Waals surface area contributed by atoms with Gasteiger partial charge in [0.15, 0.2) is 0 Å². The largest absolute Gasteiger partial charge is 0.494 e. The highest BCUT2D eigenvalue weighted by Crippen LogP contribution is 2.30. The Morgan fingerprint density at radius 3 is 1.90 bits per heavy atom. The maximum atomic E-state index is 5.43. The Kier molecular flexibility index (Phi) is 3.46. The second-order valence-electron chi connectivity index (χ2n) is 4.48. The van der Waals surface area contributed by atoms with E-state index in [-0.39, 0.29) is 0 Å². The molecule has 1 heterocycles. The second kappa shape index (κ2) is 5.57. The maximum Gasteiger partial charge on any atom is 0.145 e. The average molecular weight is 261 g/mol. The van der Waals surface area contributed by atoms with E-state index < -0.39 is 0 Å². The summed E-state index contributed by atoms with van der Waals surface area (Å²) in [5.74, 6) is 0.788. The molecule has 0 aliphatic rings. The molecule has 2 heteroatoms. The lowest BCUT2D eigenvalue weighted by molar-refractivity contribution is 0.415. The van der Waals surface area contributed by atoms with E-state index in [1.807, 2.05) is 60.7 Å². The Hall–Kier alpha value is -2.61. The van der Waals surface area contributed by atoms with Crippen LogP contribution in [0.15, 0.2) is 72.8 Å². The fraction of sp³-hybridized carbons (Fsp3) is 0.0556. The summed E-state index contributed by atoms with van der Waals surface area (Å²) in [5.41, 5.74) is 3.98. The Morgan fingerprint density at radius 1 is 0.700 bits per heavy atom. The van der Waals surface area contributed by atoms with Crippen LogP contribution in [0.3, 0.4) is 0 Å².